The molecule has 0 spiro atoms. The van der Waals surface area contributed by atoms with Gasteiger partial charge < -0.3 is 9.47 Å². The average Bonchev–Trinajstić information content (AvgIpc) is 2.18. The fourth-order valence-corrected chi connectivity index (χ4v) is 1.26. The molecule has 0 unspecified atom stereocenters. The molecule has 0 aromatic carbocycles. The lowest BCUT2D eigenvalue weighted by Gasteiger charge is -2.14. The maximum Gasteiger partial charge on any atom is 0.303 e. The zero-order valence-electron chi connectivity index (χ0n) is 10.1. The Bertz CT molecular complexity index is 375. The van der Waals surface area contributed by atoms with Crippen molar-refractivity contribution in [3.63, 3.8) is 0 Å². The summed E-state index contributed by atoms with van der Waals surface area (Å²) in [5.41, 5.74) is 1.64. The van der Waals surface area contributed by atoms with Crippen LogP contribution in [0, 0.1) is 6.92 Å². The topological polar surface area (TPSA) is 48.4 Å². The van der Waals surface area contributed by atoms with Gasteiger partial charge in [-0.05, 0) is 26.8 Å². The van der Waals surface area contributed by atoms with Gasteiger partial charge in [0, 0.05) is 18.7 Å². The van der Waals surface area contributed by atoms with Crippen LogP contribution in [0.3, 0.4) is 0 Å². The zero-order chi connectivity index (χ0) is 12.1. The number of aromatic nitrogens is 1. The second-order valence-electron chi connectivity index (χ2n) is 3.83. The molecule has 0 fully saturated rings. The molecule has 0 aliphatic carbocycles. The smallest absolute Gasteiger partial charge is 0.303 e. The predicted molar refractivity (Wildman–Crippen MR) is 60.2 cm³/mol. The maximum absolute atomic E-state index is 10.7. The van der Waals surface area contributed by atoms with Crippen LogP contribution >= 0.6 is 0 Å². The first-order valence-corrected chi connectivity index (χ1v) is 5.25. The number of nitrogens with zero attached hydrogens (tertiary/aromatic N) is 1. The highest BCUT2D eigenvalue weighted by Gasteiger charge is 2.08. The van der Waals surface area contributed by atoms with E-state index in [4.69, 9.17) is 9.47 Å². The maximum atomic E-state index is 10.7. The lowest BCUT2D eigenvalue weighted by atomic mass is 10.2. The second kappa shape index (κ2) is 5.49. The SMILES string of the molecule is CC(=O)OCc1nccc(OC(C)C)c1C. The molecular weight excluding hydrogens is 206 g/mol. The Hall–Kier alpha value is -1.58. The Morgan fingerprint density at radius 3 is 2.75 bits per heavy atom. The minimum Gasteiger partial charge on any atom is -0.491 e. The fraction of sp³-hybridized carbons (Fsp3) is 0.500. The largest absolute Gasteiger partial charge is 0.491 e. The van der Waals surface area contributed by atoms with Crippen LogP contribution < -0.4 is 4.74 Å². The standard InChI is InChI=1S/C12H17NO3/c1-8(2)16-12-5-6-13-11(9(12)3)7-15-10(4)14/h5-6,8H,7H2,1-4H3. The van der Waals surface area contributed by atoms with Gasteiger partial charge in [-0.1, -0.05) is 0 Å². The van der Waals surface area contributed by atoms with Gasteiger partial charge in [0.1, 0.15) is 12.4 Å². The molecule has 1 rings (SSSR count). The predicted octanol–water partition coefficient (Wildman–Crippen LogP) is 2.24. The van der Waals surface area contributed by atoms with Crippen LogP contribution in [-0.4, -0.2) is 17.1 Å². The van der Waals surface area contributed by atoms with Crippen LogP contribution in [0.15, 0.2) is 12.3 Å². The molecule has 0 atom stereocenters. The van der Waals surface area contributed by atoms with E-state index in [0.717, 1.165) is 17.0 Å². The van der Waals surface area contributed by atoms with Gasteiger partial charge in [0.05, 0.1) is 11.8 Å². The van der Waals surface area contributed by atoms with E-state index in [1.165, 1.54) is 6.92 Å². The third-order valence-corrected chi connectivity index (χ3v) is 2.03. The van der Waals surface area contributed by atoms with Gasteiger partial charge in [-0.3, -0.25) is 9.78 Å². The molecule has 0 bridgehead atoms. The van der Waals surface area contributed by atoms with Crippen LogP contribution in [0.2, 0.25) is 0 Å². The molecule has 0 saturated heterocycles. The molecule has 4 heteroatoms. The van der Waals surface area contributed by atoms with Crippen LogP contribution in [0.25, 0.3) is 0 Å². The molecule has 88 valence electrons. The first-order chi connectivity index (χ1) is 7.50. The van der Waals surface area contributed by atoms with E-state index in [-0.39, 0.29) is 18.7 Å². The minimum atomic E-state index is -0.309. The summed E-state index contributed by atoms with van der Waals surface area (Å²) in [4.78, 5) is 14.9. The third kappa shape index (κ3) is 3.53. The number of ether oxygens (including phenoxy) is 2. The quantitative estimate of drug-likeness (QED) is 0.734. The number of rotatable bonds is 4. The van der Waals surface area contributed by atoms with Crippen molar-refractivity contribution in [2.45, 2.75) is 40.4 Å². The van der Waals surface area contributed by atoms with Crippen LogP contribution in [0.1, 0.15) is 32.0 Å². The molecule has 0 aliphatic heterocycles. The van der Waals surface area contributed by atoms with Gasteiger partial charge in [-0.2, -0.15) is 0 Å². The second-order valence-corrected chi connectivity index (χ2v) is 3.83. The van der Waals surface area contributed by atoms with E-state index in [1.807, 2.05) is 26.8 Å². The summed E-state index contributed by atoms with van der Waals surface area (Å²) in [6.45, 7) is 7.40. The Balaban J connectivity index is 2.81. The van der Waals surface area contributed by atoms with Crippen molar-refractivity contribution < 1.29 is 14.3 Å². The summed E-state index contributed by atoms with van der Waals surface area (Å²) in [5.74, 6) is 0.475. The molecular formula is C12H17NO3. The Labute approximate surface area is 95.6 Å². The van der Waals surface area contributed by atoms with E-state index in [1.54, 1.807) is 6.20 Å². The van der Waals surface area contributed by atoms with Gasteiger partial charge in [-0.25, -0.2) is 0 Å². The van der Waals surface area contributed by atoms with E-state index in [0.29, 0.717) is 0 Å². The molecule has 0 aliphatic rings. The molecule has 4 nitrogen and oxygen atoms in total. The molecule has 0 amide bonds. The van der Waals surface area contributed by atoms with E-state index in [2.05, 4.69) is 4.98 Å². The summed E-state index contributed by atoms with van der Waals surface area (Å²) in [7, 11) is 0. The van der Waals surface area contributed by atoms with Gasteiger partial charge in [0.25, 0.3) is 0 Å². The highest BCUT2D eigenvalue weighted by atomic mass is 16.5. The molecule has 1 heterocycles. The first-order valence-electron chi connectivity index (χ1n) is 5.25. The molecule has 0 saturated carbocycles. The van der Waals surface area contributed by atoms with E-state index >= 15 is 0 Å². The lowest BCUT2D eigenvalue weighted by Crippen LogP contribution is -2.09. The molecule has 1 aromatic heterocycles. The monoisotopic (exact) mass is 223 g/mol. The molecule has 16 heavy (non-hydrogen) atoms. The van der Waals surface area contributed by atoms with Gasteiger partial charge in [0.2, 0.25) is 0 Å². The normalized spacial score (nSPS) is 10.3. The van der Waals surface area contributed by atoms with Crippen LogP contribution in [0.4, 0.5) is 0 Å². The lowest BCUT2D eigenvalue weighted by molar-refractivity contribution is -0.142. The molecule has 0 radical (unpaired) electrons. The Kier molecular flexibility index (Phi) is 4.28. The Morgan fingerprint density at radius 2 is 2.19 bits per heavy atom. The van der Waals surface area contributed by atoms with Crippen molar-refractivity contribution >= 4 is 5.97 Å². The van der Waals surface area contributed by atoms with Crippen molar-refractivity contribution in [3.05, 3.63) is 23.5 Å². The van der Waals surface area contributed by atoms with Gasteiger partial charge >= 0.3 is 5.97 Å². The van der Waals surface area contributed by atoms with Gasteiger partial charge in [-0.15, -0.1) is 0 Å². The van der Waals surface area contributed by atoms with Crippen molar-refractivity contribution in [2.75, 3.05) is 0 Å². The molecule has 1 aromatic rings. The van der Waals surface area contributed by atoms with Crippen molar-refractivity contribution in [2.24, 2.45) is 0 Å². The number of pyridine rings is 1. The fourth-order valence-electron chi connectivity index (χ4n) is 1.26. The number of hydrogen-bond donors (Lipinski definition) is 0. The number of carbonyl (C=O) groups is 1. The zero-order valence-corrected chi connectivity index (χ0v) is 10.1. The summed E-state index contributed by atoms with van der Waals surface area (Å²) < 4.78 is 10.5. The minimum absolute atomic E-state index is 0.114. The molecule has 0 N–H and O–H groups in total. The average molecular weight is 223 g/mol. The summed E-state index contributed by atoms with van der Waals surface area (Å²) >= 11 is 0. The summed E-state index contributed by atoms with van der Waals surface area (Å²) in [5, 5.41) is 0. The number of carbonyl (C=O) groups excluding carboxylic acids is 1. The van der Waals surface area contributed by atoms with Crippen molar-refractivity contribution in [1.82, 2.24) is 4.98 Å². The summed E-state index contributed by atoms with van der Waals surface area (Å²) in [6, 6.07) is 1.81. The van der Waals surface area contributed by atoms with E-state index in [9.17, 15) is 4.79 Å². The van der Waals surface area contributed by atoms with Crippen molar-refractivity contribution in [3.8, 4) is 5.75 Å². The van der Waals surface area contributed by atoms with E-state index < -0.39 is 0 Å². The highest BCUT2D eigenvalue weighted by molar-refractivity contribution is 5.65. The van der Waals surface area contributed by atoms with Crippen molar-refractivity contribution in [1.29, 1.82) is 0 Å². The Morgan fingerprint density at radius 1 is 1.50 bits per heavy atom. The number of hydrogen-bond acceptors (Lipinski definition) is 4. The summed E-state index contributed by atoms with van der Waals surface area (Å²) in [6.07, 6.45) is 1.77. The van der Waals surface area contributed by atoms with Gasteiger partial charge in [0.15, 0.2) is 0 Å². The first kappa shape index (κ1) is 12.5. The van der Waals surface area contributed by atoms with Crippen LogP contribution in [0.5, 0.6) is 5.75 Å². The third-order valence-electron chi connectivity index (χ3n) is 2.03. The highest BCUT2D eigenvalue weighted by Crippen LogP contribution is 2.21. The number of esters is 1. The van der Waals surface area contributed by atoms with Crippen LogP contribution in [-0.2, 0) is 16.1 Å².